The zero-order valence-electron chi connectivity index (χ0n) is 9.11. The Morgan fingerprint density at radius 1 is 1.53 bits per heavy atom. The summed E-state index contributed by atoms with van der Waals surface area (Å²) in [6.45, 7) is 0.0136. The van der Waals surface area contributed by atoms with Crippen LogP contribution in [-0.4, -0.2) is 33.3 Å². The Balaban J connectivity index is 2.22. The van der Waals surface area contributed by atoms with Crippen molar-refractivity contribution >= 4 is 23.4 Å². The number of anilines is 1. The monoisotopic (exact) mass is 256 g/mol. The second kappa shape index (κ2) is 4.50. The number of hydrogen-bond acceptors (Lipinski definition) is 4. The molecule has 0 amide bonds. The second-order valence-corrected chi connectivity index (χ2v) is 4.66. The van der Waals surface area contributed by atoms with E-state index < -0.39 is 5.97 Å². The molecule has 0 radical (unpaired) electrons. The summed E-state index contributed by atoms with van der Waals surface area (Å²) in [5.41, 5.74) is -0.527. The van der Waals surface area contributed by atoms with Crippen LogP contribution in [0.1, 0.15) is 29.8 Å². The average molecular weight is 257 g/mol. The molecule has 0 unspecified atom stereocenters. The van der Waals surface area contributed by atoms with Crippen LogP contribution in [0.15, 0.2) is 12.1 Å². The van der Waals surface area contributed by atoms with Gasteiger partial charge in [0.15, 0.2) is 5.69 Å². The van der Waals surface area contributed by atoms with Crippen molar-refractivity contribution in [3.63, 3.8) is 0 Å². The predicted molar refractivity (Wildman–Crippen MR) is 63.5 cm³/mol. The van der Waals surface area contributed by atoms with Crippen molar-refractivity contribution in [2.24, 2.45) is 0 Å². The lowest BCUT2D eigenvalue weighted by molar-refractivity contribution is 0.0690. The molecule has 0 spiro atoms. The van der Waals surface area contributed by atoms with Gasteiger partial charge in [-0.2, -0.15) is 0 Å². The van der Waals surface area contributed by atoms with Crippen LogP contribution < -0.4 is 5.32 Å². The van der Waals surface area contributed by atoms with Crippen LogP contribution in [0.3, 0.4) is 0 Å². The first kappa shape index (κ1) is 12.1. The van der Waals surface area contributed by atoms with Gasteiger partial charge < -0.3 is 15.5 Å². The molecule has 1 aromatic heterocycles. The van der Waals surface area contributed by atoms with Crippen LogP contribution in [0.2, 0.25) is 5.02 Å². The maximum Gasteiger partial charge on any atom is 0.356 e. The maximum absolute atomic E-state index is 10.9. The summed E-state index contributed by atoms with van der Waals surface area (Å²) in [5, 5.41) is 21.4. The molecule has 0 bridgehead atoms. The zero-order chi connectivity index (χ0) is 12.5. The molecule has 1 aliphatic carbocycles. The SMILES string of the molecule is O=C(O)c1nc(NC2(CO)CCC2)ccc1Cl. The first-order valence-corrected chi connectivity index (χ1v) is 5.73. The topological polar surface area (TPSA) is 82.5 Å². The largest absolute Gasteiger partial charge is 0.476 e. The van der Waals surface area contributed by atoms with Gasteiger partial charge in [-0.05, 0) is 31.4 Å². The standard InChI is InChI=1S/C11H13ClN2O3/c12-7-2-3-8(13-9(7)10(16)17)14-11(6-15)4-1-5-11/h2-3,15H,1,4-6H2,(H,13,14)(H,16,17). The Labute approximate surface area is 103 Å². The molecule has 0 atom stereocenters. The first-order chi connectivity index (χ1) is 8.06. The van der Waals surface area contributed by atoms with Crippen LogP contribution in [0.5, 0.6) is 0 Å². The van der Waals surface area contributed by atoms with E-state index in [2.05, 4.69) is 10.3 Å². The Morgan fingerprint density at radius 2 is 2.24 bits per heavy atom. The number of aliphatic hydroxyl groups excluding tert-OH is 1. The molecule has 1 saturated carbocycles. The summed E-state index contributed by atoms with van der Waals surface area (Å²) in [6, 6.07) is 3.11. The highest BCUT2D eigenvalue weighted by atomic mass is 35.5. The van der Waals surface area contributed by atoms with Crippen molar-refractivity contribution in [1.29, 1.82) is 0 Å². The van der Waals surface area contributed by atoms with Crippen molar-refractivity contribution in [3.8, 4) is 0 Å². The molecule has 3 N–H and O–H groups in total. The highest BCUT2D eigenvalue weighted by Gasteiger charge is 2.36. The highest BCUT2D eigenvalue weighted by Crippen LogP contribution is 2.34. The minimum absolute atomic E-state index is 0.0136. The van der Waals surface area contributed by atoms with Crippen molar-refractivity contribution in [1.82, 2.24) is 4.98 Å². The van der Waals surface area contributed by atoms with Crippen LogP contribution >= 0.6 is 11.6 Å². The summed E-state index contributed by atoms with van der Waals surface area (Å²) in [6.07, 6.45) is 2.76. The molecule has 6 heteroatoms. The van der Waals surface area contributed by atoms with Gasteiger partial charge in [0.05, 0.1) is 17.2 Å². The Bertz CT molecular complexity index is 441. The third kappa shape index (κ3) is 2.35. The fourth-order valence-electron chi connectivity index (χ4n) is 1.86. The van der Waals surface area contributed by atoms with Crippen LogP contribution in [0, 0.1) is 0 Å². The van der Waals surface area contributed by atoms with Gasteiger partial charge in [0, 0.05) is 0 Å². The Kier molecular flexibility index (Phi) is 3.22. The predicted octanol–water partition coefficient (Wildman–Crippen LogP) is 1.76. The number of rotatable bonds is 4. The molecule has 92 valence electrons. The van der Waals surface area contributed by atoms with Gasteiger partial charge in [-0.3, -0.25) is 0 Å². The molecule has 17 heavy (non-hydrogen) atoms. The zero-order valence-corrected chi connectivity index (χ0v) is 9.87. The lowest BCUT2D eigenvalue weighted by atomic mass is 9.77. The van der Waals surface area contributed by atoms with E-state index in [-0.39, 0.29) is 22.9 Å². The van der Waals surface area contributed by atoms with Gasteiger partial charge >= 0.3 is 5.97 Å². The summed E-state index contributed by atoms with van der Waals surface area (Å²) in [5.74, 6) is -0.731. The first-order valence-electron chi connectivity index (χ1n) is 5.35. The number of pyridine rings is 1. The van der Waals surface area contributed by atoms with Gasteiger partial charge in [0.2, 0.25) is 0 Å². The molecule has 1 aliphatic rings. The molecule has 1 heterocycles. The van der Waals surface area contributed by atoms with E-state index in [1.807, 2.05) is 0 Å². The van der Waals surface area contributed by atoms with E-state index in [1.165, 1.54) is 6.07 Å². The van der Waals surface area contributed by atoms with E-state index in [0.717, 1.165) is 19.3 Å². The lowest BCUT2D eigenvalue weighted by Crippen LogP contribution is -2.48. The minimum atomic E-state index is -1.16. The fraction of sp³-hybridized carbons (Fsp3) is 0.455. The number of aliphatic hydroxyl groups is 1. The highest BCUT2D eigenvalue weighted by molar-refractivity contribution is 6.33. The molecular formula is C11H13ClN2O3. The maximum atomic E-state index is 10.9. The van der Waals surface area contributed by atoms with Crippen molar-refractivity contribution in [3.05, 3.63) is 22.8 Å². The van der Waals surface area contributed by atoms with Crippen molar-refractivity contribution in [2.45, 2.75) is 24.8 Å². The second-order valence-electron chi connectivity index (χ2n) is 4.25. The van der Waals surface area contributed by atoms with Crippen molar-refractivity contribution < 1.29 is 15.0 Å². The molecule has 0 aromatic carbocycles. The smallest absolute Gasteiger partial charge is 0.356 e. The van der Waals surface area contributed by atoms with Crippen molar-refractivity contribution in [2.75, 3.05) is 11.9 Å². The number of hydrogen-bond donors (Lipinski definition) is 3. The fourth-order valence-corrected chi connectivity index (χ4v) is 2.05. The van der Waals surface area contributed by atoms with Crippen LogP contribution in [-0.2, 0) is 0 Å². The summed E-state index contributed by atoms with van der Waals surface area (Å²) < 4.78 is 0. The molecule has 5 nitrogen and oxygen atoms in total. The van der Waals surface area contributed by atoms with Gasteiger partial charge in [-0.15, -0.1) is 0 Å². The quantitative estimate of drug-likeness (QED) is 0.765. The van der Waals surface area contributed by atoms with E-state index in [0.29, 0.717) is 5.82 Å². The van der Waals surface area contributed by atoms with Gasteiger partial charge in [0.25, 0.3) is 0 Å². The third-order valence-corrected chi connectivity index (χ3v) is 3.36. The molecular weight excluding hydrogens is 244 g/mol. The molecule has 2 rings (SSSR count). The summed E-state index contributed by atoms with van der Waals surface area (Å²) in [7, 11) is 0. The normalized spacial score (nSPS) is 17.3. The Hall–Kier alpha value is -1.33. The number of carboxylic acid groups (broad SMARTS) is 1. The number of aromatic nitrogens is 1. The van der Waals surface area contributed by atoms with Crippen LogP contribution in [0.25, 0.3) is 0 Å². The molecule has 0 aliphatic heterocycles. The molecule has 1 fully saturated rings. The van der Waals surface area contributed by atoms with Gasteiger partial charge in [-0.1, -0.05) is 11.6 Å². The number of carbonyl (C=O) groups is 1. The lowest BCUT2D eigenvalue weighted by Gasteiger charge is -2.41. The summed E-state index contributed by atoms with van der Waals surface area (Å²) in [4.78, 5) is 14.8. The number of nitrogens with one attached hydrogen (secondary N) is 1. The number of nitrogens with zero attached hydrogens (tertiary/aromatic N) is 1. The van der Waals surface area contributed by atoms with E-state index in [1.54, 1.807) is 6.07 Å². The van der Waals surface area contributed by atoms with Gasteiger partial charge in [0.1, 0.15) is 5.82 Å². The number of aromatic carboxylic acids is 1. The van der Waals surface area contributed by atoms with Gasteiger partial charge in [-0.25, -0.2) is 9.78 Å². The minimum Gasteiger partial charge on any atom is -0.476 e. The summed E-state index contributed by atoms with van der Waals surface area (Å²) >= 11 is 5.72. The molecule has 0 saturated heterocycles. The Morgan fingerprint density at radius 3 is 2.71 bits per heavy atom. The average Bonchev–Trinajstić information content (AvgIpc) is 2.25. The van der Waals surface area contributed by atoms with E-state index >= 15 is 0 Å². The van der Waals surface area contributed by atoms with E-state index in [4.69, 9.17) is 16.7 Å². The third-order valence-electron chi connectivity index (χ3n) is 3.06. The number of carboxylic acids is 1. The van der Waals surface area contributed by atoms with Crippen LogP contribution in [0.4, 0.5) is 5.82 Å². The number of halogens is 1. The van der Waals surface area contributed by atoms with E-state index in [9.17, 15) is 9.90 Å². The molecule has 1 aromatic rings.